The van der Waals surface area contributed by atoms with E-state index in [1.807, 2.05) is 6.07 Å². The van der Waals surface area contributed by atoms with Crippen LogP contribution < -0.4 is 5.32 Å². The Morgan fingerprint density at radius 3 is 2.20 bits per heavy atom. The molecule has 1 saturated heterocycles. The second kappa shape index (κ2) is 7.21. The number of amides is 1. The van der Waals surface area contributed by atoms with Crippen LogP contribution in [0, 0.1) is 13.8 Å². The van der Waals surface area contributed by atoms with Gasteiger partial charge >= 0.3 is 159 Å². The summed E-state index contributed by atoms with van der Waals surface area (Å²) in [6.07, 6.45) is 6.45. The number of halogens is 1. The summed E-state index contributed by atoms with van der Waals surface area (Å²) in [6, 6.07) is 16.8. The van der Waals surface area contributed by atoms with Crippen molar-refractivity contribution in [2.75, 3.05) is 23.8 Å². The molecule has 0 atom stereocenters. The van der Waals surface area contributed by atoms with Crippen LogP contribution in [-0.2, 0) is 11.0 Å². The van der Waals surface area contributed by atoms with Crippen LogP contribution in [0.25, 0.3) is 0 Å². The van der Waals surface area contributed by atoms with Crippen LogP contribution in [0.5, 0.6) is 0 Å². The van der Waals surface area contributed by atoms with Gasteiger partial charge in [-0.1, -0.05) is 0 Å². The van der Waals surface area contributed by atoms with E-state index < -0.39 is 5.31 Å². The topological polar surface area (TPSA) is 29.1 Å². The van der Waals surface area contributed by atoms with Gasteiger partial charge in [-0.15, -0.1) is 0 Å². The van der Waals surface area contributed by atoms with Gasteiger partial charge in [0.1, 0.15) is 0 Å². The quantitative estimate of drug-likeness (QED) is 0.582. The molecule has 3 rings (SSSR count). The van der Waals surface area contributed by atoms with E-state index in [1.54, 1.807) is 0 Å². The number of carbonyl (C=O) groups excluding carboxylic acids is 1. The van der Waals surface area contributed by atoms with Gasteiger partial charge in [-0.05, 0) is 0 Å². The third kappa shape index (κ3) is 4.33. The second-order valence-electron chi connectivity index (χ2n) is 7.59. The summed E-state index contributed by atoms with van der Waals surface area (Å²) in [6.45, 7) is 4.11. The van der Waals surface area contributed by atoms with E-state index in [-0.39, 0.29) is 5.91 Å². The van der Waals surface area contributed by atoms with Crippen LogP contribution in [0.2, 0.25) is 0 Å². The summed E-state index contributed by atoms with van der Waals surface area (Å²) in [5.41, 5.74) is 4.57. The molecule has 1 N–H and O–H groups in total. The van der Waals surface area contributed by atoms with Gasteiger partial charge in [0.2, 0.25) is 0 Å². The molecule has 0 saturated carbocycles. The molecule has 0 aliphatic carbocycles. The van der Waals surface area contributed by atoms with E-state index in [0.717, 1.165) is 23.0 Å². The molecule has 1 aliphatic rings. The molecule has 0 radical (unpaired) electrons. The first kappa shape index (κ1) is 18.6. The first-order valence-corrected chi connectivity index (χ1v) is 14.0. The molecule has 0 aromatic heterocycles. The van der Waals surface area contributed by atoms with Crippen LogP contribution in [0.15, 0.2) is 48.5 Å². The Kier molecular flexibility index (Phi) is 5.37. The van der Waals surface area contributed by atoms with E-state index in [4.69, 9.17) is 0 Å². The molecule has 4 heteroatoms. The molecule has 1 heterocycles. The molecule has 134 valence electrons. The molecule has 2 aromatic carbocycles. The van der Waals surface area contributed by atoms with Gasteiger partial charge in [0.05, 0.1) is 0 Å². The van der Waals surface area contributed by atoms with Crippen LogP contribution in [-0.4, -0.2) is 24.4 Å². The molecule has 25 heavy (non-hydrogen) atoms. The van der Waals surface area contributed by atoms with Gasteiger partial charge in [-0.2, -0.15) is 0 Å². The SMILES string of the molecule is Cc1cccc(C)c1NC(=O)CP1(Br)(Cc2ccccc2)CCCC1. The number of carbonyl (C=O) groups is 1. The van der Waals surface area contributed by atoms with Gasteiger partial charge in [-0.3, -0.25) is 0 Å². The minimum absolute atomic E-state index is 0.157. The zero-order valence-corrected chi connectivity index (χ0v) is 17.6. The average molecular weight is 420 g/mol. The van der Waals surface area contributed by atoms with Crippen LogP contribution in [0.1, 0.15) is 29.5 Å². The van der Waals surface area contributed by atoms with Gasteiger partial charge in [0, 0.05) is 0 Å². The second-order valence-corrected chi connectivity index (χ2v) is 18.8. The standard InChI is InChI=1S/C21H27BrNOP/c1-17-9-8-10-18(2)21(17)23-20(24)16-25(22,13-6-7-14-25)15-19-11-4-3-5-12-19/h3-5,8-12H,6-7,13-16H2,1-2H3,(H,23,24). The fourth-order valence-electron chi connectivity index (χ4n) is 4.09. The van der Waals surface area contributed by atoms with Crippen molar-refractivity contribution in [2.45, 2.75) is 32.9 Å². The van der Waals surface area contributed by atoms with Crippen molar-refractivity contribution in [1.82, 2.24) is 0 Å². The molecule has 0 spiro atoms. The Labute approximate surface area is 159 Å². The number of benzene rings is 2. The zero-order valence-electron chi connectivity index (χ0n) is 15.1. The Hall–Kier alpha value is -1.18. The fourth-order valence-corrected chi connectivity index (χ4v) is 12.1. The van der Waals surface area contributed by atoms with Gasteiger partial charge < -0.3 is 0 Å². The van der Waals surface area contributed by atoms with E-state index in [1.165, 1.54) is 30.7 Å². The molecular weight excluding hydrogens is 393 g/mol. The van der Waals surface area contributed by atoms with Crippen LogP contribution in [0.3, 0.4) is 0 Å². The number of rotatable bonds is 5. The monoisotopic (exact) mass is 419 g/mol. The van der Waals surface area contributed by atoms with E-state index in [2.05, 4.69) is 77.1 Å². The summed E-state index contributed by atoms with van der Waals surface area (Å²) >= 11 is 4.21. The van der Waals surface area contributed by atoms with Gasteiger partial charge in [0.25, 0.3) is 0 Å². The van der Waals surface area contributed by atoms with Gasteiger partial charge in [-0.25, -0.2) is 0 Å². The Morgan fingerprint density at radius 1 is 1.00 bits per heavy atom. The molecule has 0 bridgehead atoms. The molecule has 0 unspecified atom stereocenters. The van der Waals surface area contributed by atoms with Crippen molar-refractivity contribution in [3.05, 3.63) is 65.2 Å². The summed E-state index contributed by atoms with van der Waals surface area (Å²) in [4.78, 5) is 13.0. The van der Waals surface area contributed by atoms with Crippen LogP contribution >= 0.6 is 20.8 Å². The predicted molar refractivity (Wildman–Crippen MR) is 114 cm³/mol. The van der Waals surface area contributed by atoms with E-state index in [9.17, 15) is 4.79 Å². The Morgan fingerprint density at radius 2 is 1.60 bits per heavy atom. The molecule has 2 aromatic rings. The zero-order chi connectivity index (χ0) is 17.9. The number of hydrogen-bond donors (Lipinski definition) is 1. The average Bonchev–Trinajstić information content (AvgIpc) is 2.94. The summed E-state index contributed by atoms with van der Waals surface area (Å²) in [7, 11) is 0. The van der Waals surface area contributed by atoms with Crippen molar-refractivity contribution >= 4 is 32.4 Å². The number of nitrogens with one attached hydrogen (secondary N) is 1. The summed E-state index contributed by atoms with van der Waals surface area (Å²) in [5.74, 6) is 0.157. The Bertz CT molecular complexity index is 748. The Balaban J connectivity index is 1.81. The van der Waals surface area contributed by atoms with Crippen molar-refractivity contribution < 1.29 is 4.79 Å². The summed E-state index contributed by atoms with van der Waals surface area (Å²) < 4.78 is 0. The van der Waals surface area contributed by atoms with Crippen molar-refractivity contribution in [3.63, 3.8) is 0 Å². The molecule has 1 aliphatic heterocycles. The third-order valence-corrected chi connectivity index (χ3v) is 14.1. The summed E-state index contributed by atoms with van der Waals surface area (Å²) in [5, 5.41) is 0.992. The molecular formula is C21H27BrNOP. The third-order valence-electron chi connectivity index (χ3n) is 5.39. The number of aryl methyl sites for hydroxylation is 2. The van der Waals surface area contributed by atoms with Crippen molar-refractivity contribution in [1.29, 1.82) is 0 Å². The number of hydrogen-bond acceptors (Lipinski definition) is 1. The minimum atomic E-state index is -2.21. The van der Waals surface area contributed by atoms with Crippen LogP contribution in [0.4, 0.5) is 5.69 Å². The number of para-hydroxylation sites is 1. The molecule has 1 fully saturated rings. The van der Waals surface area contributed by atoms with E-state index in [0.29, 0.717) is 6.16 Å². The normalized spacial score (nSPS) is 19.7. The van der Waals surface area contributed by atoms with Crippen molar-refractivity contribution in [3.8, 4) is 0 Å². The number of anilines is 1. The first-order valence-electron chi connectivity index (χ1n) is 9.00. The first-order chi connectivity index (χ1) is 11.9. The van der Waals surface area contributed by atoms with Gasteiger partial charge in [0.15, 0.2) is 0 Å². The fraction of sp³-hybridized carbons (Fsp3) is 0.381. The molecule has 2 nitrogen and oxygen atoms in total. The molecule has 1 amide bonds. The predicted octanol–water partition coefficient (Wildman–Crippen LogP) is 6.10. The maximum absolute atomic E-state index is 13.0. The maximum atomic E-state index is 13.0. The van der Waals surface area contributed by atoms with Crippen molar-refractivity contribution in [2.24, 2.45) is 0 Å². The van der Waals surface area contributed by atoms with E-state index >= 15 is 0 Å².